The van der Waals surface area contributed by atoms with E-state index in [0.717, 1.165) is 25.8 Å². The maximum Gasteiger partial charge on any atom is 0.514 e. The fourth-order valence-corrected chi connectivity index (χ4v) is 2.03. The van der Waals surface area contributed by atoms with Gasteiger partial charge in [-0.25, -0.2) is 14.5 Å². The van der Waals surface area contributed by atoms with E-state index in [1.165, 1.54) is 12.3 Å². The number of fused-ring (bicyclic) bond motifs is 1. The van der Waals surface area contributed by atoms with E-state index in [-0.39, 0.29) is 12.4 Å². The van der Waals surface area contributed by atoms with Crippen LogP contribution in [0.15, 0.2) is 25.0 Å². The highest BCUT2D eigenvalue weighted by Crippen LogP contribution is 2.29. The Bertz CT molecular complexity index is 666. The zero-order valence-corrected chi connectivity index (χ0v) is 12.6. The lowest BCUT2D eigenvalue weighted by molar-refractivity contribution is 0.110. The minimum atomic E-state index is -0.844. The smallest absolute Gasteiger partial charge is 0.430 e. The predicted molar refractivity (Wildman–Crippen MR) is 83.6 cm³/mol. The molecule has 7 nitrogen and oxygen atoms in total. The van der Waals surface area contributed by atoms with Gasteiger partial charge in [-0.05, 0) is 6.42 Å². The summed E-state index contributed by atoms with van der Waals surface area (Å²) in [6.07, 6.45) is 6.94. The van der Waals surface area contributed by atoms with Crippen LogP contribution in [0.25, 0.3) is 11.0 Å². The van der Waals surface area contributed by atoms with Crippen molar-refractivity contribution in [3.8, 4) is 5.75 Å². The van der Waals surface area contributed by atoms with E-state index >= 15 is 0 Å². The molecule has 0 aliphatic carbocycles. The zero-order chi connectivity index (χ0) is 15.9. The Morgan fingerprint density at radius 3 is 3.00 bits per heavy atom. The SMILES string of the molecule is C=CCOC(=O)Oc1cnc2c(cnn2CCCCC)c1N. The number of pyridine rings is 1. The maximum absolute atomic E-state index is 11.4. The van der Waals surface area contributed by atoms with E-state index in [2.05, 4.69) is 23.6 Å². The second-order valence-corrected chi connectivity index (χ2v) is 4.80. The molecule has 0 aliphatic heterocycles. The maximum atomic E-state index is 11.4. The molecule has 7 heteroatoms. The molecule has 0 spiro atoms. The van der Waals surface area contributed by atoms with Gasteiger partial charge in [0.1, 0.15) is 6.61 Å². The normalized spacial score (nSPS) is 10.6. The second kappa shape index (κ2) is 7.44. The lowest BCUT2D eigenvalue weighted by Gasteiger charge is -2.08. The molecule has 118 valence electrons. The van der Waals surface area contributed by atoms with Crippen molar-refractivity contribution in [2.75, 3.05) is 12.3 Å². The molecule has 0 radical (unpaired) electrons. The Kier molecular flexibility index (Phi) is 5.35. The summed E-state index contributed by atoms with van der Waals surface area (Å²) < 4.78 is 11.6. The van der Waals surface area contributed by atoms with Crippen LogP contribution < -0.4 is 10.5 Å². The minimum absolute atomic E-state index is 0.0732. The quantitative estimate of drug-likeness (QED) is 0.480. The molecule has 22 heavy (non-hydrogen) atoms. The Morgan fingerprint density at radius 2 is 2.27 bits per heavy atom. The number of nitrogen functional groups attached to an aromatic ring is 1. The molecular formula is C15H20N4O3. The number of carbonyl (C=O) groups excluding carboxylic acids is 1. The van der Waals surface area contributed by atoms with Crippen LogP contribution in [-0.4, -0.2) is 27.5 Å². The van der Waals surface area contributed by atoms with Crippen LogP contribution in [0.2, 0.25) is 0 Å². The molecule has 2 aromatic heterocycles. The van der Waals surface area contributed by atoms with Gasteiger partial charge in [0, 0.05) is 6.54 Å². The molecule has 0 unspecified atom stereocenters. The van der Waals surface area contributed by atoms with Crippen molar-refractivity contribution in [1.29, 1.82) is 0 Å². The lowest BCUT2D eigenvalue weighted by atomic mass is 10.2. The Balaban J connectivity index is 2.16. The Labute approximate surface area is 128 Å². The third kappa shape index (κ3) is 3.55. The zero-order valence-electron chi connectivity index (χ0n) is 12.6. The number of anilines is 1. The number of rotatable bonds is 7. The molecule has 2 heterocycles. The van der Waals surface area contributed by atoms with Gasteiger partial charge in [-0.3, -0.25) is 0 Å². The third-order valence-corrected chi connectivity index (χ3v) is 3.16. The van der Waals surface area contributed by atoms with Crippen LogP contribution in [-0.2, 0) is 11.3 Å². The summed E-state index contributed by atoms with van der Waals surface area (Å²) in [7, 11) is 0. The highest BCUT2D eigenvalue weighted by atomic mass is 16.7. The van der Waals surface area contributed by atoms with Crippen LogP contribution in [0, 0.1) is 0 Å². The number of ether oxygens (including phenoxy) is 2. The summed E-state index contributed by atoms with van der Waals surface area (Å²) >= 11 is 0. The summed E-state index contributed by atoms with van der Waals surface area (Å²) in [6.45, 7) is 6.45. The fourth-order valence-electron chi connectivity index (χ4n) is 2.03. The van der Waals surface area contributed by atoms with Gasteiger partial charge in [0.2, 0.25) is 0 Å². The standard InChI is InChI=1S/C15H20N4O3/c1-3-5-6-7-19-14-11(9-18-19)13(16)12(10-17-14)22-15(20)21-8-4-2/h4,9-10H,2-3,5-8H2,1H3,(H2,16,17). The third-order valence-electron chi connectivity index (χ3n) is 3.16. The summed E-state index contributed by atoms with van der Waals surface area (Å²) in [4.78, 5) is 15.7. The molecule has 2 rings (SSSR count). The van der Waals surface area contributed by atoms with Crippen molar-refractivity contribution in [3.63, 3.8) is 0 Å². The molecule has 0 atom stereocenters. The van der Waals surface area contributed by atoms with Crippen molar-refractivity contribution >= 4 is 22.9 Å². The number of nitrogens with two attached hydrogens (primary N) is 1. The summed E-state index contributed by atoms with van der Waals surface area (Å²) in [6, 6.07) is 0. The number of hydrogen-bond acceptors (Lipinski definition) is 6. The fraction of sp³-hybridized carbons (Fsp3) is 0.400. The molecule has 2 aromatic rings. The van der Waals surface area contributed by atoms with Crippen molar-refractivity contribution in [1.82, 2.24) is 14.8 Å². The van der Waals surface area contributed by atoms with Gasteiger partial charge >= 0.3 is 6.16 Å². The first-order valence-electron chi connectivity index (χ1n) is 7.22. The predicted octanol–water partition coefficient (Wildman–Crippen LogP) is 2.91. The average Bonchev–Trinajstić information content (AvgIpc) is 2.92. The van der Waals surface area contributed by atoms with Gasteiger partial charge in [0.05, 0.1) is 23.5 Å². The molecule has 2 N–H and O–H groups in total. The number of unbranched alkanes of at least 4 members (excludes halogenated alkanes) is 2. The number of aryl methyl sites for hydroxylation is 1. The molecule has 0 saturated carbocycles. The van der Waals surface area contributed by atoms with Crippen molar-refractivity contribution in [2.45, 2.75) is 32.7 Å². The lowest BCUT2D eigenvalue weighted by Crippen LogP contribution is -2.12. The summed E-state index contributed by atoms with van der Waals surface area (Å²) in [5.41, 5.74) is 7.02. The van der Waals surface area contributed by atoms with Gasteiger partial charge in [0.25, 0.3) is 0 Å². The Hall–Kier alpha value is -2.57. The number of nitrogens with zero attached hydrogens (tertiary/aromatic N) is 3. The first kappa shape index (κ1) is 15.8. The van der Waals surface area contributed by atoms with Crippen molar-refractivity contribution in [3.05, 3.63) is 25.0 Å². The van der Waals surface area contributed by atoms with E-state index in [1.807, 2.05) is 0 Å². The molecule has 0 bridgehead atoms. The largest absolute Gasteiger partial charge is 0.514 e. The van der Waals surface area contributed by atoms with E-state index in [1.54, 1.807) is 10.9 Å². The minimum Gasteiger partial charge on any atom is -0.430 e. The molecule has 0 saturated heterocycles. The van der Waals surface area contributed by atoms with Crippen LogP contribution in [0.4, 0.5) is 10.5 Å². The summed E-state index contributed by atoms with van der Waals surface area (Å²) in [5.74, 6) is 0.162. The molecule has 0 aromatic carbocycles. The van der Waals surface area contributed by atoms with E-state index in [9.17, 15) is 4.79 Å². The van der Waals surface area contributed by atoms with Crippen LogP contribution in [0.1, 0.15) is 26.2 Å². The molecule has 0 amide bonds. The van der Waals surface area contributed by atoms with Gasteiger partial charge in [-0.1, -0.05) is 32.4 Å². The van der Waals surface area contributed by atoms with Crippen molar-refractivity contribution < 1.29 is 14.3 Å². The van der Waals surface area contributed by atoms with E-state index in [0.29, 0.717) is 16.7 Å². The molecular weight excluding hydrogens is 284 g/mol. The van der Waals surface area contributed by atoms with Crippen LogP contribution in [0.3, 0.4) is 0 Å². The monoisotopic (exact) mass is 304 g/mol. The molecule has 0 aliphatic rings. The van der Waals surface area contributed by atoms with Gasteiger partial charge in [-0.2, -0.15) is 5.10 Å². The van der Waals surface area contributed by atoms with Crippen LogP contribution >= 0.6 is 0 Å². The van der Waals surface area contributed by atoms with Gasteiger partial charge in [-0.15, -0.1) is 0 Å². The molecule has 0 fully saturated rings. The summed E-state index contributed by atoms with van der Waals surface area (Å²) in [5, 5.41) is 4.94. The highest BCUT2D eigenvalue weighted by molar-refractivity contribution is 5.91. The van der Waals surface area contributed by atoms with Gasteiger partial charge in [0.15, 0.2) is 11.4 Å². The van der Waals surface area contributed by atoms with Crippen LogP contribution in [0.5, 0.6) is 5.75 Å². The van der Waals surface area contributed by atoms with Crippen molar-refractivity contribution in [2.24, 2.45) is 0 Å². The first-order chi connectivity index (χ1) is 10.7. The Morgan fingerprint density at radius 1 is 1.45 bits per heavy atom. The number of carbonyl (C=O) groups is 1. The number of hydrogen-bond donors (Lipinski definition) is 1. The number of aromatic nitrogens is 3. The first-order valence-corrected chi connectivity index (χ1v) is 7.22. The second-order valence-electron chi connectivity index (χ2n) is 4.80. The topological polar surface area (TPSA) is 92.3 Å². The average molecular weight is 304 g/mol. The highest BCUT2D eigenvalue weighted by Gasteiger charge is 2.15. The van der Waals surface area contributed by atoms with E-state index in [4.69, 9.17) is 15.2 Å². The van der Waals surface area contributed by atoms with Gasteiger partial charge < -0.3 is 15.2 Å². The van der Waals surface area contributed by atoms with E-state index < -0.39 is 6.16 Å².